The number of hydrogen-bond acceptors (Lipinski definition) is 3. The molecule has 0 saturated carbocycles. The Morgan fingerprint density at radius 2 is 1.62 bits per heavy atom. The average molecular weight is 283 g/mol. The van der Waals surface area contributed by atoms with Crippen LogP contribution in [0.25, 0.3) is 0 Å². The van der Waals surface area contributed by atoms with Gasteiger partial charge in [-0.25, -0.2) is 0 Å². The summed E-state index contributed by atoms with van der Waals surface area (Å²) in [6.45, 7) is 7.94. The topological polar surface area (TPSA) is 36.1 Å². The fraction of sp³-hybridized carbons (Fsp3) is 0.333. The van der Waals surface area contributed by atoms with Crippen molar-refractivity contribution >= 4 is 11.4 Å². The van der Waals surface area contributed by atoms with Gasteiger partial charge in [-0.2, -0.15) is 0 Å². The molecule has 0 heterocycles. The van der Waals surface area contributed by atoms with Crippen LogP contribution in [0.15, 0.2) is 48.5 Å². The van der Waals surface area contributed by atoms with Gasteiger partial charge in [0.1, 0.15) is 0 Å². The normalized spacial score (nSPS) is 10.4. The van der Waals surface area contributed by atoms with Crippen LogP contribution in [-0.4, -0.2) is 19.6 Å². The Morgan fingerprint density at radius 1 is 0.857 bits per heavy atom. The maximum Gasteiger partial charge on any atom is 0.0576 e. The van der Waals surface area contributed by atoms with E-state index in [4.69, 9.17) is 0 Å². The lowest BCUT2D eigenvalue weighted by Gasteiger charge is -2.13. The number of para-hydroxylation sites is 2. The molecule has 0 fully saturated rings. The van der Waals surface area contributed by atoms with Gasteiger partial charge in [0.05, 0.1) is 11.4 Å². The number of anilines is 2. The molecule has 0 bridgehead atoms. The molecule has 0 aliphatic carbocycles. The lowest BCUT2D eigenvalue weighted by Crippen LogP contribution is -2.22. The van der Waals surface area contributed by atoms with Gasteiger partial charge in [-0.05, 0) is 31.5 Å². The van der Waals surface area contributed by atoms with Crippen LogP contribution >= 0.6 is 0 Å². The quantitative estimate of drug-likeness (QED) is 0.647. The van der Waals surface area contributed by atoms with Gasteiger partial charge in [-0.3, -0.25) is 0 Å². The van der Waals surface area contributed by atoms with Crippen molar-refractivity contribution in [2.24, 2.45) is 0 Å². The van der Waals surface area contributed by atoms with Gasteiger partial charge in [0.2, 0.25) is 0 Å². The molecule has 0 aromatic heterocycles. The molecule has 21 heavy (non-hydrogen) atoms. The summed E-state index contributed by atoms with van der Waals surface area (Å²) in [5, 5.41) is 10.3. The van der Waals surface area contributed by atoms with Crippen LogP contribution in [0.2, 0.25) is 0 Å². The van der Waals surface area contributed by atoms with E-state index in [1.807, 2.05) is 0 Å². The number of benzene rings is 2. The lowest BCUT2D eigenvalue weighted by atomic mass is 10.1. The van der Waals surface area contributed by atoms with Crippen molar-refractivity contribution in [1.29, 1.82) is 0 Å². The van der Waals surface area contributed by atoms with Gasteiger partial charge >= 0.3 is 0 Å². The predicted octanol–water partition coefficient (Wildman–Crippen LogP) is 3.63. The third-order valence-corrected chi connectivity index (χ3v) is 3.32. The number of aryl methyl sites for hydroxylation is 1. The van der Waals surface area contributed by atoms with Crippen LogP contribution in [0.1, 0.15) is 18.1 Å². The van der Waals surface area contributed by atoms with E-state index in [1.54, 1.807) is 0 Å². The molecule has 0 radical (unpaired) electrons. The zero-order chi connectivity index (χ0) is 14.9. The molecule has 3 N–H and O–H groups in total. The maximum atomic E-state index is 3.47. The summed E-state index contributed by atoms with van der Waals surface area (Å²) in [5.41, 5.74) is 4.98. The van der Waals surface area contributed by atoms with Gasteiger partial charge < -0.3 is 16.0 Å². The molecule has 0 aliphatic heterocycles. The van der Waals surface area contributed by atoms with Crippen molar-refractivity contribution in [2.75, 3.05) is 30.3 Å². The summed E-state index contributed by atoms with van der Waals surface area (Å²) < 4.78 is 0. The molecule has 0 aliphatic rings. The van der Waals surface area contributed by atoms with Crippen molar-refractivity contribution in [3.05, 3.63) is 59.7 Å². The number of hydrogen-bond donors (Lipinski definition) is 3. The minimum atomic E-state index is 0.911. The summed E-state index contributed by atoms with van der Waals surface area (Å²) in [6, 6.07) is 16.9. The molecule has 0 amide bonds. The second-order valence-electron chi connectivity index (χ2n) is 5.17. The first-order valence-electron chi connectivity index (χ1n) is 7.62. The molecule has 0 atom stereocenters. The third kappa shape index (κ3) is 5.12. The molecule has 112 valence electrons. The smallest absolute Gasteiger partial charge is 0.0576 e. The maximum absolute atomic E-state index is 3.47. The summed E-state index contributed by atoms with van der Waals surface area (Å²) in [4.78, 5) is 0. The van der Waals surface area contributed by atoms with Gasteiger partial charge in [-0.1, -0.05) is 42.0 Å². The Kier molecular flexibility index (Phi) is 6.10. The van der Waals surface area contributed by atoms with E-state index in [0.29, 0.717) is 0 Å². The average Bonchev–Trinajstić information content (AvgIpc) is 2.49. The second kappa shape index (κ2) is 8.32. The van der Waals surface area contributed by atoms with Gasteiger partial charge in [0.15, 0.2) is 0 Å². The van der Waals surface area contributed by atoms with Crippen LogP contribution in [0, 0.1) is 6.92 Å². The Labute approximate surface area is 127 Å². The molecule has 0 spiro atoms. The van der Waals surface area contributed by atoms with Crippen molar-refractivity contribution < 1.29 is 0 Å². The zero-order valence-corrected chi connectivity index (χ0v) is 12.9. The zero-order valence-electron chi connectivity index (χ0n) is 12.9. The predicted molar refractivity (Wildman–Crippen MR) is 92.0 cm³/mol. The van der Waals surface area contributed by atoms with Gasteiger partial charge in [-0.15, -0.1) is 0 Å². The second-order valence-corrected chi connectivity index (χ2v) is 5.17. The third-order valence-electron chi connectivity index (χ3n) is 3.32. The van der Waals surface area contributed by atoms with Crippen LogP contribution in [0.5, 0.6) is 0 Å². The van der Waals surface area contributed by atoms with Crippen LogP contribution in [0.3, 0.4) is 0 Å². The van der Waals surface area contributed by atoms with E-state index in [9.17, 15) is 0 Å². The van der Waals surface area contributed by atoms with E-state index < -0.39 is 0 Å². The Bertz CT molecular complexity index is 552. The minimum Gasteiger partial charge on any atom is -0.384 e. The van der Waals surface area contributed by atoms with Crippen LogP contribution in [0.4, 0.5) is 11.4 Å². The summed E-state index contributed by atoms with van der Waals surface area (Å²) >= 11 is 0. The summed E-state index contributed by atoms with van der Waals surface area (Å²) in [7, 11) is 0. The molecule has 2 rings (SSSR count). The first-order chi connectivity index (χ1) is 10.3. The van der Waals surface area contributed by atoms with Crippen LogP contribution < -0.4 is 16.0 Å². The number of rotatable bonds is 8. The van der Waals surface area contributed by atoms with E-state index in [-0.39, 0.29) is 0 Å². The largest absolute Gasteiger partial charge is 0.384 e. The lowest BCUT2D eigenvalue weighted by molar-refractivity contribution is 0.706. The highest BCUT2D eigenvalue weighted by molar-refractivity contribution is 5.68. The monoisotopic (exact) mass is 283 g/mol. The molecule has 2 aromatic rings. The number of nitrogens with one attached hydrogen (secondary N) is 3. The highest BCUT2D eigenvalue weighted by atomic mass is 15.0. The van der Waals surface area contributed by atoms with E-state index in [1.165, 1.54) is 16.8 Å². The minimum absolute atomic E-state index is 0.911. The standard InChI is InChI=1S/C18H25N3/c1-3-20-17-9-4-5-10-18(17)21-12-11-19-14-16-8-6-7-15(2)13-16/h4-10,13,19-21H,3,11-12,14H2,1-2H3. The van der Waals surface area contributed by atoms with Gasteiger partial charge in [0, 0.05) is 26.2 Å². The van der Waals surface area contributed by atoms with E-state index in [0.717, 1.165) is 31.9 Å². The molecular formula is C18H25N3. The molecule has 3 heteroatoms. The van der Waals surface area contributed by atoms with Crippen molar-refractivity contribution in [3.8, 4) is 0 Å². The van der Waals surface area contributed by atoms with Gasteiger partial charge in [0.25, 0.3) is 0 Å². The Morgan fingerprint density at radius 3 is 2.33 bits per heavy atom. The fourth-order valence-corrected chi connectivity index (χ4v) is 2.32. The van der Waals surface area contributed by atoms with Crippen molar-refractivity contribution in [3.63, 3.8) is 0 Å². The van der Waals surface area contributed by atoms with Crippen molar-refractivity contribution in [2.45, 2.75) is 20.4 Å². The first-order valence-corrected chi connectivity index (χ1v) is 7.62. The molecule has 0 unspecified atom stereocenters. The molecule has 3 nitrogen and oxygen atoms in total. The molecule has 0 saturated heterocycles. The Balaban J connectivity index is 1.72. The highest BCUT2D eigenvalue weighted by Gasteiger charge is 1.99. The molecule has 2 aromatic carbocycles. The first kappa shape index (κ1) is 15.4. The van der Waals surface area contributed by atoms with Crippen molar-refractivity contribution in [1.82, 2.24) is 5.32 Å². The van der Waals surface area contributed by atoms with E-state index in [2.05, 4.69) is 78.3 Å². The SMILES string of the molecule is CCNc1ccccc1NCCNCc1cccc(C)c1. The fourth-order valence-electron chi connectivity index (χ4n) is 2.32. The molecular weight excluding hydrogens is 258 g/mol. The summed E-state index contributed by atoms with van der Waals surface area (Å²) in [5.74, 6) is 0. The van der Waals surface area contributed by atoms with E-state index >= 15 is 0 Å². The Hall–Kier alpha value is -2.00. The summed E-state index contributed by atoms with van der Waals surface area (Å²) in [6.07, 6.45) is 0. The van der Waals surface area contributed by atoms with Crippen LogP contribution in [-0.2, 0) is 6.54 Å². The highest BCUT2D eigenvalue weighted by Crippen LogP contribution is 2.19.